The van der Waals surface area contributed by atoms with Gasteiger partial charge < -0.3 is 19.8 Å². The molecule has 19 heavy (non-hydrogen) atoms. The first-order valence-corrected chi connectivity index (χ1v) is 6.39. The summed E-state index contributed by atoms with van der Waals surface area (Å²) in [4.78, 5) is 2.09. The lowest BCUT2D eigenvalue weighted by atomic mass is 10.2. The monoisotopic (exact) mass is 260 g/mol. The van der Waals surface area contributed by atoms with Crippen LogP contribution in [0.15, 0.2) is 34.9 Å². The predicted molar refractivity (Wildman–Crippen MR) is 77.6 cm³/mol. The minimum Gasteiger partial charge on any atom is -0.492 e. The van der Waals surface area contributed by atoms with E-state index in [0.29, 0.717) is 12.3 Å². The van der Waals surface area contributed by atoms with E-state index < -0.39 is 0 Å². The molecular formula is C15H20N2O2. The number of hydrogen-bond donors (Lipinski definition) is 1. The molecule has 0 aliphatic rings. The molecule has 102 valence electrons. The van der Waals surface area contributed by atoms with Gasteiger partial charge in [0.1, 0.15) is 11.5 Å². The first-order chi connectivity index (χ1) is 9.13. The average molecular weight is 260 g/mol. The number of para-hydroxylation sites is 1. The molecule has 0 saturated carbocycles. The number of anilines is 2. The molecule has 0 atom stereocenters. The Balaban J connectivity index is 2.21. The highest BCUT2D eigenvalue weighted by Gasteiger charge is 2.12. The summed E-state index contributed by atoms with van der Waals surface area (Å²) in [5.41, 5.74) is 8.94. The first-order valence-electron chi connectivity index (χ1n) is 6.39. The Morgan fingerprint density at radius 1 is 1.32 bits per heavy atom. The van der Waals surface area contributed by atoms with E-state index in [4.69, 9.17) is 14.9 Å². The lowest BCUT2D eigenvalue weighted by molar-refractivity contribution is 0.342. The molecule has 4 nitrogen and oxygen atoms in total. The van der Waals surface area contributed by atoms with Crippen LogP contribution in [0.3, 0.4) is 0 Å². The van der Waals surface area contributed by atoms with Gasteiger partial charge in [-0.05, 0) is 32.0 Å². The summed E-state index contributed by atoms with van der Waals surface area (Å²) in [7, 11) is 2.01. The number of rotatable bonds is 5. The lowest BCUT2D eigenvalue weighted by Crippen LogP contribution is -2.18. The summed E-state index contributed by atoms with van der Waals surface area (Å²) < 4.78 is 10.8. The zero-order chi connectivity index (χ0) is 13.8. The molecule has 1 aromatic heterocycles. The van der Waals surface area contributed by atoms with Crippen molar-refractivity contribution in [2.75, 3.05) is 24.3 Å². The van der Waals surface area contributed by atoms with Crippen LogP contribution in [0.1, 0.15) is 18.2 Å². The maximum absolute atomic E-state index is 6.15. The molecule has 4 heteroatoms. The van der Waals surface area contributed by atoms with Crippen molar-refractivity contribution in [3.63, 3.8) is 0 Å². The van der Waals surface area contributed by atoms with Crippen LogP contribution in [-0.4, -0.2) is 13.7 Å². The highest BCUT2D eigenvalue weighted by Crippen LogP contribution is 2.32. The first kappa shape index (κ1) is 13.3. The maximum atomic E-state index is 6.15. The van der Waals surface area contributed by atoms with Crippen molar-refractivity contribution in [2.45, 2.75) is 20.4 Å². The van der Waals surface area contributed by atoms with Crippen LogP contribution >= 0.6 is 0 Å². The van der Waals surface area contributed by atoms with Gasteiger partial charge in [-0.15, -0.1) is 0 Å². The summed E-state index contributed by atoms with van der Waals surface area (Å²) in [6, 6.07) is 7.82. The van der Waals surface area contributed by atoms with Crippen LogP contribution in [0.4, 0.5) is 11.4 Å². The zero-order valence-corrected chi connectivity index (χ0v) is 11.6. The molecule has 2 rings (SSSR count). The van der Waals surface area contributed by atoms with Gasteiger partial charge in [0.25, 0.3) is 0 Å². The predicted octanol–water partition coefficient (Wildman–Crippen LogP) is 3.21. The van der Waals surface area contributed by atoms with Crippen LogP contribution in [0.25, 0.3) is 0 Å². The lowest BCUT2D eigenvalue weighted by Gasteiger charge is -2.22. The number of nitrogen functional groups attached to an aromatic ring is 1. The molecule has 0 bridgehead atoms. The minimum absolute atomic E-state index is 0.609. The third-order valence-electron chi connectivity index (χ3n) is 3.13. The fourth-order valence-electron chi connectivity index (χ4n) is 2.06. The third-order valence-corrected chi connectivity index (χ3v) is 3.13. The van der Waals surface area contributed by atoms with E-state index >= 15 is 0 Å². The molecule has 1 heterocycles. The molecule has 0 amide bonds. The molecule has 0 aliphatic heterocycles. The van der Waals surface area contributed by atoms with Crippen molar-refractivity contribution in [3.05, 3.63) is 41.9 Å². The number of benzene rings is 1. The van der Waals surface area contributed by atoms with Crippen molar-refractivity contribution in [1.82, 2.24) is 0 Å². The topological polar surface area (TPSA) is 51.6 Å². The molecule has 2 N–H and O–H groups in total. The number of furan rings is 1. The van der Waals surface area contributed by atoms with E-state index in [1.807, 2.05) is 45.2 Å². The molecule has 0 unspecified atom stereocenters. The summed E-state index contributed by atoms with van der Waals surface area (Å²) in [6.07, 6.45) is 1.71. The van der Waals surface area contributed by atoms with Gasteiger partial charge in [0.15, 0.2) is 0 Å². The average Bonchev–Trinajstić information content (AvgIpc) is 2.78. The molecule has 0 spiro atoms. The van der Waals surface area contributed by atoms with Gasteiger partial charge in [-0.3, -0.25) is 0 Å². The van der Waals surface area contributed by atoms with Gasteiger partial charge in [-0.25, -0.2) is 0 Å². The van der Waals surface area contributed by atoms with Crippen molar-refractivity contribution in [2.24, 2.45) is 0 Å². The maximum Gasteiger partial charge on any atom is 0.144 e. The van der Waals surface area contributed by atoms with Crippen LogP contribution in [0, 0.1) is 6.92 Å². The number of hydrogen-bond acceptors (Lipinski definition) is 4. The number of aryl methyl sites for hydroxylation is 1. The Bertz CT molecular complexity index is 549. The van der Waals surface area contributed by atoms with Gasteiger partial charge in [-0.2, -0.15) is 0 Å². The van der Waals surface area contributed by atoms with Crippen molar-refractivity contribution < 1.29 is 9.15 Å². The smallest absolute Gasteiger partial charge is 0.144 e. The van der Waals surface area contributed by atoms with Crippen molar-refractivity contribution in [1.29, 1.82) is 0 Å². The highest BCUT2D eigenvalue weighted by molar-refractivity contribution is 5.73. The second kappa shape index (κ2) is 5.69. The van der Waals surface area contributed by atoms with E-state index in [9.17, 15) is 0 Å². The van der Waals surface area contributed by atoms with Gasteiger partial charge in [0.05, 0.1) is 24.2 Å². The molecule has 1 aromatic carbocycles. The number of nitrogens with two attached hydrogens (primary N) is 1. The van der Waals surface area contributed by atoms with E-state index in [2.05, 4.69) is 4.90 Å². The van der Waals surface area contributed by atoms with Crippen molar-refractivity contribution >= 4 is 11.4 Å². The van der Waals surface area contributed by atoms with Crippen LogP contribution in [0.2, 0.25) is 0 Å². The largest absolute Gasteiger partial charge is 0.492 e. The molecule has 0 fully saturated rings. The van der Waals surface area contributed by atoms with E-state index in [0.717, 1.165) is 29.3 Å². The fraction of sp³-hybridized carbons (Fsp3) is 0.333. The fourth-order valence-corrected chi connectivity index (χ4v) is 2.06. The molecule has 0 aliphatic carbocycles. The van der Waals surface area contributed by atoms with E-state index in [1.54, 1.807) is 6.26 Å². The quantitative estimate of drug-likeness (QED) is 0.839. The second-order valence-electron chi connectivity index (χ2n) is 4.48. The Morgan fingerprint density at radius 2 is 2.11 bits per heavy atom. The molecule has 0 radical (unpaired) electrons. The van der Waals surface area contributed by atoms with Gasteiger partial charge in [0.2, 0.25) is 0 Å². The molecule has 0 saturated heterocycles. The zero-order valence-electron chi connectivity index (χ0n) is 11.6. The summed E-state index contributed by atoms with van der Waals surface area (Å²) in [5, 5.41) is 0. The number of ether oxygens (including phenoxy) is 1. The van der Waals surface area contributed by atoms with Crippen LogP contribution in [-0.2, 0) is 6.54 Å². The highest BCUT2D eigenvalue weighted by atomic mass is 16.5. The second-order valence-corrected chi connectivity index (χ2v) is 4.48. The minimum atomic E-state index is 0.609. The normalized spacial score (nSPS) is 10.5. The van der Waals surface area contributed by atoms with Gasteiger partial charge >= 0.3 is 0 Å². The van der Waals surface area contributed by atoms with Gasteiger partial charge in [-0.1, -0.05) is 6.07 Å². The summed E-state index contributed by atoms with van der Waals surface area (Å²) >= 11 is 0. The standard InChI is InChI=1S/C15H20N2O2/c1-4-18-14-7-5-6-13(15(14)16)17(3)10-12-8-9-19-11(12)2/h5-9H,4,10,16H2,1-3H3. The van der Waals surface area contributed by atoms with Crippen LogP contribution in [0.5, 0.6) is 5.75 Å². The van der Waals surface area contributed by atoms with Crippen LogP contribution < -0.4 is 15.4 Å². The number of nitrogens with zero attached hydrogens (tertiary/aromatic N) is 1. The summed E-state index contributed by atoms with van der Waals surface area (Å²) in [5.74, 6) is 1.67. The Kier molecular flexibility index (Phi) is 4.00. The Labute approximate surface area is 113 Å². The SMILES string of the molecule is CCOc1cccc(N(C)Cc2ccoc2C)c1N. The molecular weight excluding hydrogens is 240 g/mol. The van der Waals surface area contributed by atoms with E-state index in [1.165, 1.54) is 0 Å². The third kappa shape index (κ3) is 2.84. The Morgan fingerprint density at radius 3 is 2.74 bits per heavy atom. The molecule has 2 aromatic rings. The van der Waals surface area contributed by atoms with Crippen molar-refractivity contribution in [3.8, 4) is 5.75 Å². The summed E-state index contributed by atoms with van der Waals surface area (Å²) in [6.45, 7) is 5.27. The Hall–Kier alpha value is -2.10. The van der Waals surface area contributed by atoms with E-state index in [-0.39, 0.29) is 0 Å². The van der Waals surface area contributed by atoms with Gasteiger partial charge in [0, 0.05) is 19.2 Å².